The van der Waals surface area contributed by atoms with Crippen LogP contribution in [0.4, 0.5) is 4.79 Å². The van der Waals surface area contributed by atoms with Crippen molar-refractivity contribution < 1.29 is 14.3 Å². The van der Waals surface area contributed by atoms with Crippen molar-refractivity contribution in [3.8, 4) is 11.5 Å². The molecule has 0 aromatic heterocycles. The highest BCUT2D eigenvalue weighted by molar-refractivity contribution is 5.74. The number of nitrogens with one attached hydrogen (secondary N) is 1. The van der Waals surface area contributed by atoms with Crippen molar-refractivity contribution in [2.24, 2.45) is 0 Å². The van der Waals surface area contributed by atoms with Gasteiger partial charge in [-0.05, 0) is 31.7 Å². The largest absolute Gasteiger partial charge is 0.493 e. The first-order valence-electron chi connectivity index (χ1n) is 8.79. The summed E-state index contributed by atoms with van der Waals surface area (Å²) in [6, 6.07) is 2.21. The maximum atomic E-state index is 12.2. The summed E-state index contributed by atoms with van der Waals surface area (Å²) in [4.78, 5) is 14.1. The van der Waals surface area contributed by atoms with Crippen LogP contribution in [-0.2, 0) is 19.3 Å². The second kappa shape index (κ2) is 6.30. The Kier molecular flexibility index (Phi) is 4.02. The summed E-state index contributed by atoms with van der Waals surface area (Å²) >= 11 is 0. The third-order valence-corrected chi connectivity index (χ3v) is 5.05. The standard InChI is InChI=1S/C18H24N2O3/c21-18(20-8-2-1-3-9-20)19-7-4-15-14-6-11-22-16(14)12-13-5-10-23-17(13)15/h12H,1-11H2,(H,19,21). The Bertz CT molecular complexity index is 577. The molecular formula is C18H24N2O3. The van der Waals surface area contributed by atoms with Crippen LogP contribution in [0.15, 0.2) is 6.07 Å². The van der Waals surface area contributed by atoms with Gasteiger partial charge in [-0.3, -0.25) is 0 Å². The van der Waals surface area contributed by atoms with E-state index in [-0.39, 0.29) is 6.03 Å². The summed E-state index contributed by atoms with van der Waals surface area (Å²) in [6.45, 7) is 3.94. The van der Waals surface area contributed by atoms with Crippen molar-refractivity contribution in [2.45, 2.75) is 38.5 Å². The van der Waals surface area contributed by atoms with Crippen molar-refractivity contribution >= 4 is 6.03 Å². The highest BCUT2D eigenvalue weighted by Crippen LogP contribution is 2.40. The Morgan fingerprint density at radius 1 is 1.13 bits per heavy atom. The Labute approximate surface area is 136 Å². The number of carbonyl (C=O) groups is 1. The monoisotopic (exact) mass is 316 g/mol. The molecule has 2 amide bonds. The minimum absolute atomic E-state index is 0.0751. The van der Waals surface area contributed by atoms with Gasteiger partial charge in [0.2, 0.25) is 0 Å². The van der Waals surface area contributed by atoms with E-state index in [0.29, 0.717) is 6.54 Å². The summed E-state index contributed by atoms with van der Waals surface area (Å²) in [5.41, 5.74) is 3.77. The zero-order valence-corrected chi connectivity index (χ0v) is 13.5. The average molecular weight is 316 g/mol. The fraction of sp³-hybridized carbons (Fsp3) is 0.611. The van der Waals surface area contributed by atoms with Gasteiger partial charge in [-0.25, -0.2) is 4.79 Å². The number of benzene rings is 1. The maximum absolute atomic E-state index is 12.2. The topological polar surface area (TPSA) is 50.8 Å². The van der Waals surface area contributed by atoms with Crippen LogP contribution in [0.5, 0.6) is 11.5 Å². The van der Waals surface area contributed by atoms with Gasteiger partial charge in [-0.15, -0.1) is 0 Å². The van der Waals surface area contributed by atoms with E-state index in [1.165, 1.54) is 23.1 Å². The average Bonchev–Trinajstić information content (AvgIpc) is 3.23. The van der Waals surface area contributed by atoms with Crippen LogP contribution in [0.25, 0.3) is 0 Å². The van der Waals surface area contributed by atoms with Gasteiger partial charge in [0, 0.05) is 49.2 Å². The number of likely N-dealkylation sites (tertiary alicyclic amines) is 1. The van der Waals surface area contributed by atoms with E-state index in [2.05, 4.69) is 11.4 Å². The van der Waals surface area contributed by atoms with Gasteiger partial charge in [0.25, 0.3) is 0 Å². The molecule has 3 aliphatic rings. The molecule has 5 nitrogen and oxygen atoms in total. The molecule has 1 aromatic carbocycles. The predicted octanol–water partition coefficient (Wildman–Crippen LogP) is 2.29. The van der Waals surface area contributed by atoms with Crippen LogP contribution in [0, 0.1) is 0 Å². The lowest BCUT2D eigenvalue weighted by Crippen LogP contribution is -2.43. The molecule has 3 heterocycles. The van der Waals surface area contributed by atoms with Gasteiger partial charge in [0.1, 0.15) is 11.5 Å². The number of carbonyl (C=O) groups excluding carboxylic acids is 1. The van der Waals surface area contributed by atoms with E-state index in [1.54, 1.807) is 0 Å². The fourth-order valence-electron chi connectivity index (χ4n) is 3.85. The van der Waals surface area contributed by atoms with E-state index in [1.807, 2.05) is 4.90 Å². The summed E-state index contributed by atoms with van der Waals surface area (Å²) < 4.78 is 11.6. The minimum atomic E-state index is 0.0751. The molecule has 1 aromatic rings. The highest BCUT2D eigenvalue weighted by Gasteiger charge is 2.26. The first-order chi connectivity index (χ1) is 11.3. The molecule has 1 N–H and O–H groups in total. The Hall–Kier alpha value is -1.91. The van der Waals surface area contributed by atoms with Crippen molar-refractivity contribution in [1.82, 2.24) is 10.2 Å². The fourth-order valence-corrected chi connectivity index (χ4v) is 3.85. The van der Waals surface area contributed by atoms with Crippen LogP contribution in [-0.4, -0.2) is 43.8 Å². The smallest absolute Gasteiger partial charge is 0.317 e. The van der Waals surface area contributed by atoms with Gasteiger partial charge in [0.15, 0.2) is 0 Å². The molecule has 0 spiro atoms. The molecular weight excluding hydrogens is 292 g/mol. The SMILES string of the molecule is O=C(NCCc1c2c(cc3c1OCC3)OCC2)N1CCCCC1. The lowest BCUT2D eigenvalue weighted by Gasteiger charge is -2.26. The minimum Gasteiger partial charge on any atom is -0.493 e. The lowest BCUT2D eigenvalue weighted by molar-refractivity contribution is 0.186. The third-order valence-electron chi connectivity index (χ3n) is 5.05. The summed E-state index contributed by atoms with van der Waals surface area (Å²) in [7, 11) is 0. The molecule has 1 fully saturated rings. The predicted molar refractivity (Wildman–Crippen MR) is 87.4 cm³/mol. The van der Waals surface area contributed by atoms with Gasteiger partial charge < -0.3 is 19.7 Å². The van der Waals surface area contributed by atoms with Crippen molar-refractivity contribution in [3.63, 3.8) is 0 Å². The van der Waals surface area contributed by atoms with Crippen LogP contribution < -0.4 is 14.8 Å². The Morgan fingerprint density at radius 2 is 1.96 bits per heavy atom. The van der Waals surface area contributed by atoms with E-state index >= 15 is 0 Å². The molecule has 5 heteroatoms. The van der Waals surface area contributed by atoms with Crippen LogP contribution in [0.1, 0.15) is 36.0 Å². The quantitative estimate of drug-likeness (QED) is 0.931. The molecule has 0 bridgehead atoms. The van der Waals surface area contributed by atoms with Crippen molar-refractivity contribution in [2.75, 3.05) is 32.8 Å². The molecule has 0 radical (unpaired) electrons. The van der Waals surface area contributed by atoms with Gasteiger partial charge in [-0.2, -0.15) is 0 Å². The second-order valence-corrected chi connectivity index (χ2v) is 6.55. The molecule has 124 valence electrons. The molecule has 0 saturated carbocycles. The van der Waals surface area contributed by atoms with Crippen molar-refractivity contribution in [3.05, 3.63) is 22.8 Å². The molecule has 3 aliphatic heterocycles. The van der Waals surface area contributed by atoms with E-state index in [0.717, 1.165) is 69.9 Å². The third kappa shape index (κ3) is 2.84. The summed E-state index contributed by atoms with van der Waals surface area (Å²) in [5, 5.41) is 3.07. The summed E-state index contributed by atoms with van der Waals surface area (Å²) in [6.07, 6.45) is 6.20. The zero-order valence-electron chi connectivity index (χ0n) is 13.5. The van der Waals surface area contributed by atoms with Crippen LogP contribution >= 0.6 is 0 Å². The highest BCUT2D eigenvalue weighted by atomic mass is 16.5. The molecule has 0 atom stereocenters. The van der Waals surface area contributed by atoms with Gasteiger partial charge >= 0.3 is 6.03 Å². The van der Waals surface area contributed by atoms with Gasteiger partial charge in [-0.1, -0.05) is 0 Å². The zero-order chi connectivity index (χ0) is 15.6. The number of hydrogen-bond donors (Lipinski definition) is 1. The number of urea groups is 1. The van der Waals surface area contributed by atoms with E-state index in [4.69, 9.17) is 9.47 Å². The summed E-state index contributed by atoms with van der Waals surface area (Å²) in [5.74, 6) is 2.06. The maximum Gasteiger partial charge on any atom is 0.317 e. The number of amides is 2. The normalized spacial score (nSPS) is 18.9. The Morgan fingerprint density at radius 3 is 2.83 bits per heavy atom. The lowest BCUT2D eigenvalue weighted by atomic mass is 9.97. The van der Waals surface area contributed by atoms with Crippen LogP contribution in [0.2, 0.25) is 0 Å². The number of fused-ring (bicyclic) bond motifs is 2. The first-order valence-corrected chi connectivity index (χ1v) is 8.79. The number of ether oxygens (including phenoxy) is 2. The van der Waals surface area contributed by atoms with Crippen LogP contribution in [0.3, 0.4) is 0 Å². The molecule has 0 aliphatic carbocycles. The Balaban J connectivity index is 1.42. The number of rotatable bonds is 3. The molecule has 4 rings (SSSR count). The second-order valence-electron chi connectivity index (χ2n) is 6.55. The van der Waals surface area contributed by atoms with E-state index in [9.17, 15) is 4.79 Å². The van der Waals surface area contributed by atoms with Crippen molar-refractivity contribution in [1.29, 1.82) is 0 Å². The number of nitrogens with zero attached hydrogens (tertiary/aromatic N) is 1. The number of piperidine rings is 1. The first kappa shape index (κ1) is 14.7. The molecule has 0 unspecified atom stereocenters. The molecule has 23 heavy (non-hydrogen) atoms. The van der Waals surface area contributed by atoms with Gasteiger partial charge in [0.05, 0.1) is 13.2 Å². The molecule has 1 saturated heterocycles. The van der Waals surface area contributed by atoms with E-state index < -0.39 is 0 Å². The number of hydrogen-bond acceptors (Lipinski definition) is 3.